The van der Waals surface area contributed by atoms with Crippen LogP contribution in [0.15, 0.2) is 30.6 Å². The van der Waals surface area contributed by atoms with Gasteiger partial charge in [-0.05, 0) is 62.3 Å². The van der Waals surface area contributed by atoms with Crippen molar-refractivity contribution in [2.45, 2.75) is 32.6 Å². The van der Waals surface area contributed by atoms with Crippen molar-refractivity contribution >= 4 is 23.5 Å². The molecule has 0 unspecified atom stereocenters. The standard InChI is InChI=1S/C22H29ClN4O3/c1-16-13-19(4-5-20(16)21(29)24-8-11-28)30-12-2-3-17-6-9-27(10-7-17)22-25-14-18(23)15-26-22/h4-5,13-15,17,28H,2-3,6-12H2,1H3,(H,24,29). The Balaban J connectivity index is 1.37. The van der Waals surface area contributed by atoms with Gasteiger partial charge in [-0.2, -0.15) is 0 Å². The highest BCUT2D eigenvalue weighted by Crippen LogP contribution is 2.25. The maximum absolute atomic E-state index is 12.0. The van der Waals surface area contributed by atoms with Crippen molar-refractivity contribution in [1.82, 2.24) is 15.3 Å². The molecule has 162 valence electrons. The number of hydrogen-bond acceptors (Lipinski definition) is 6. The van der Waals surface area contributed by atoms with E-state index in [-0.39, 0.29) is 19.1 Å². The molecule has 0 radical (unpaired) electrons. The molecule has 8 heteroatoms. The number of hydrogen-bond donors (Lipinski definition) is 2. The van der Waals surface area contributed by atoms with Crippen molar-refractivity contribution < 1.29 is 14.6 Å². The molecule has 1 fully saturated rings. The molecular weight excluding hydrogens is 404 g/mol. The molecule has 2 aromatic rings. The minimum absolute atomic E-state index is 0.0695. The van der Waals surface area contributed by atoms with E-state index in [4.69, 9.17) is 21.4 Å². The van der Waals surface area contributed by atoms with Gasteiger partial charge in [-0.25, -0.2) is 9.97 Å². The predicted octanol–water partition coefficient (Wildman–Crippen LogP) is 3.24. The van der Waals surface area contributed by atoms with Crippen LogP contribution in [0.25, 0.3) is 0 Å². The van der Waals surface area contributed by atoms with Gasteiger partial charge in [0.15, 0.2) is 0 Å². The smallest absolute Gasteiger partial charge is 0.251 e. The molecule has 0 atom stereocenters. The molecule has 1 aliphatic heterocycles. The molecule has 30 heavy (non-hydrogen) atoms. The summed E-state index contributed by atoms with van der Waals surface area (Å²) >= 11 is 5.86. The second kappa shape index (κ2) is 11.1. The van der Waals surface area contributed by atoms with Crippen LogP contribution >= 0.6 is 11.6 Å². The minimum atomic E-state index is -0.177. The topological polar surface area (TPSA) is 87.6 Å². The fraction of sp³-hybridized carbons (Fsp3) is 0.500. The van der Waals surface area contributed by atoms with Gasteiger partial charge in [0.25, 0.3) is 5.91 Å². The van der Waals surface area contributed by atoms with Crippen molar-refractivity contribution in [3.05, 3.63) is 46.7 Å². The van der Waals surface area contributed by atoms with E-state index in [1.807, 2.05) is 19.1 Å². The highest BCUT2D eigenvalue weighted by molar-refractivity contribution is 6.30. The Morgan fingerprint density at radius 3 is 2.70 bits per heavy atom. The fourth-order valence-corrected chi connectivity index (χ4v) is 3.80. The molecular formula is C22H29ClN4O3. The molecule has 1 saturated heterocycles. The number of ether oxygens (including phenoxy) is 1. The average molecular weight is 433 g/mol. The zero-order valence-corrected chi connectivity index (χ0v) is 18.1. The van der Waals surface area contributed by atoms with Crippen LogP contribution in [0.4, 0.5) is 5.95 Å². The second-order valence-corrected chi connectivity index (χ2v) is 8.02. The van der Waals surface area contributed by atoms with Crippen LogP contribution in [0.2, 0.25) is 5.02 Å². The number of amides is 1. The van der Waals surface area contributed by atoms with Gasteiger partial charge in [0.2, 0.25) is 5.95 Å². The van der Waals surface area contributed by atoms with Gasteiger partial charge >= 0.3 is 0 Å². The number of nitrogens with one attached hydrogen (secondary N) is 1. The number of carbonyl (C=O) groups is 1. The van der Waals surface area contributed by atoms with E-state index in [0.717, 1.165) is 56.0 Å². The Hall–Kier alpha value is -2.38. The number of carbonyl (C=O) groups excluding carboxylic acids is 1. The first-order valence-electron chi connectivity index (χ1n) is 10.4. The quantitative estimate of drug-likeness (QED) is 0.591. The van der Waals surface area contributed by atoms with Crippen molar-refractivity contribution in [2.24, 2.45) is 5.92 Å². The molecule has 3 rings (SSSR count). The van der Waals surface area contributed by atoms with E-state index in [2.05, 4.69) is 20.2 Å². The largest absolute Gasteiger partial charge is 0.494 e. The third kappa shape index (κ3) is 6.31. The van der Waals surface area contributed by atoms with Crippen molar-refractivity contribution in [3.63, 3.8) is 0 Å². The molecule has 1 aromatic heterocycles. The van der Waals surface area contributed by atoms with E-state index in [1.165, 1.54) is 0 Å². The zero-order valence-electron chi connectivity index (χ0n) is 17.3. The van der Waals surface area contributed by atoms with Crippen LogP contribution in [0.1, 0.15) is 41.6 Å². The Morgan fingerprint density at radius 2 is 2.03 bits per heavy atom. The highest BCUT2D eigenvalue weighted by Gasteiger charge is 2.20. The van der Waals surface area contributed by atoms with E-state index < -0.39 is 0 Å². The number of aliphatic hydroxyl groups excluding tert-OH is 1. The van der Waals surface area contributed by atoms with E-state index in [0.29, 0.717) is 23.1 Å². The third-order valence-corrected chi connectivity index (χ3v) is 5.56. The molecule has 0 spiro atoms. The van der Waals surface area contributed by atoms with Gasteiger partial charge in [0.1, 0.15) is 5.75 Å². The summed E-state index contributed by atoms with van der Waals surface area (Å²) < 4.78 is 5.88. The predicted molar refractivity (Wildman–Crippen MR) is 117 cm³/mol. The number of benzene rings is 1. The third-order valence-electron chi connectivity index (χ3n) is 5.37. The maximum atomic E-state index is 12.0. The van der Waals surface area contributed by atoms with Crippen LogP contribution in [0.5, 0.6) is 5.75 Å². The van der Waals surface area contributed by atoms with Gasteiger partial charge < -0.3 is 20.1 Å². The molecule has 1 aromatic carbocycles. The van der Waals surface area contributed by atoms with Gasteiger partial charge in [-0.3, -0.25) is 4.79 Å². The van der Waals surface area contributed by atoms with Crippen molar-refractivity contribution in [1.29, 1.82) is 0 Å². The molecule has 1 aliphatic rings. The number of aliphatic hydroxyl groups is 1. The Labute approximate surface area is 182 Å². The molecule has 0 aliphatic carbocycles. The first kappa shape index (κ1) is 22.3. The van der Waals surface area contributed by atoms with Crippen LogP contribution in [-0.2, 0) is 0 Å². The van der Waals surface area contributed by atoms with Crippen LogP contribution in [-0.4, -0.2) is 53.8 Å². The summed E-state index contributed by atoms with van der Waals surface area (Å²) in [4.78, 5) is 22.8. The number of nitrogens with zero attached hydrogens (tertiary/aromatic N) is 3. The van der Waals surface area contributed by atoms with Gasteiger partial charge in [-0.1, -0.05) is 11.6 Å². The summed E-state index contributed by atoms with van der Waals surface area (Å²) in [5, 5.41) is 12.0. The number of aromatic nitrogens is 2. The number of halogens is 1. The number of rotatable bonds is 9. The summed E-state index contributed by atoms with van der Waals surface area (Å²) in [6.45, 7) is 4.66. The Morgan fingerprint density at radius 1 is 1.30 bits per heavy atom. The van der Waals surface area contributed by atoms with Crippen LogP contribution in [0, 0.1) is 12.8 Å². The molecule has 7 nitrogen and oxygen atoms in total. The lowest BCUT2D eigenvalue weighted by atomic mass is 9.92. The van der Waals surface area contributed by atoms with Crippen molar-refractivity contribution in [3.8, 4) is 5.75 Å². The average Bonchev–Trinajstić information content (AvgIpc) is 2.76. The van der Waals surface area contributed by atoms with Gasteiger partial charge in [-0.15, -0.1) is 0 Å². The normalized spacial score (nSPS) is 14.6. The number of piperidine rings is 1. The summed E-state index contributed by atoms with van der Waals surface area (Å²) in [5.41, 5.74) is 1.46. The van der Waals surface area contributed by atoms with E-state index >= 15 is 0 Å². The maximum Gasteiger partial charge on any atom is 0.251 e. The monoisotopic (exact) mass is 432 g/mol. The zero-order chi connectivity index (χ0) is 21.3. The van der Waals surface area contributed by atoms with Crippen LogP contribution < -0.4 is 15.0 Å². The number of aryl methyl sites for hydroxylation is 1. The second-order valence-electron chi connectivity index (χ2n) is 7.58. The summed E-state index contributed by atoms with van der Waals surface area (Å²) in [6.07, 6.45) is 7.67. The molecule has 2 N–H and O–H groups in total. The number of anilines is 1. The first-order chi connectivity index (χ1) is 14.6. The summed E-state index contributed by atoms with van der Waals surface area (Å²) in [7, 11) is 0. The fourth-order valence-electron chi connectivity index (χ4n) is 3.70. The van der Waals surface area contributed by atoms with Crippen LogP contribution in [0.3, 0.4) is 0 Å². The molecule has 0 bridgehead atoms. The molecule has 0 saturated carbocycles. The van der Waals surface area contributed by atoms with E-state index in [9.17, 15) is 4.79 Å². The highest BCUT2D eigenvalue weighted by atomic mass is 35.5. The lowest BCUT2D eigenvalue weighted by Gasteiger charge is -2.31. The Kier molecular flexibility index (Phi) is 8.28. The molecule has 1 amide bonds. The van der Waals surface area contributed by atoms with Gasteiger partial charge in [0.05, 0.1) is 30.6 Å². The summed E-state index contributed by atoms with van der Waals surface area (Å²) in [6, 6.07) is 5.48. The first-order valence-corrected chi connectivity index (χ1v) is 10.8. The van der Waals surface area contributed by atoms with E-state index in [1.54, 1.807) is 18.5 Å². The lowest BCUT2D eigenvalue weighted by Crippen LogP contribution is -2.34. The van der Waals surface area contributed by atoms with Crippen molar-refractivity contribution in [2.75, 3.05) is 37.7 Å². The lowest BCUT2D eigenvalue weighted by molar-refractivity contribution is 0.0944. The Bertz CT molecular complexity index is 824. The SMILES string of the molecule is Cc1cc(OCCCC2CCN(c3ncc(Cl)cn3)CC2)ccc1C(=O)NCCO. The minimum Gasteiger partial charge on any atom is -0.494 e. The summed E-state index contributed by atoms with van der Waals surface area (Å²) in [5.74, 6) is 2.05. The van der Waals surface area contributed by atoms with Gasteiger partial charge in [0, 0.05) is 25.2 Å². The molecule has 2 heterocycles.